The number of imidazole rings is 2. The Hall–Kier alpha value is -3.66. The van der Waals surface area contributed by atoms with Crippen LogP contribution in [0.2, 0.25) is 0 Å². The van der Waals surface area contributed by atoms with Gasteiger partial charge in [0.1, 0.15) is 23.9 Å². The van der Waals surface area contributed by atoms with Gasteiger partial charge < -0.3 is 0 Å². The maximum atomic E-state index is 8.95. The molecule has 0 saturated carbocycles. The van der Waals surface area contributed by atoms with Crippen molar-refractivity contribution in [2.45, 2.75) is 59.8 Å². The second-order valence-corrected chi connectivity index (χ2v) is 10.6. The first kappa shape index (κ1) is 20.5. The highest BCUT2D eigenvalue weighted by Crippen LogP contribution is 2.39. The van der Waals surface area contributed by atoms with E-state index in [0.717, 1.165) is 51.5 Å². The third kappa shape index (κ3) is 3.27. The third-order valence-corrected chi connectivity index (χ3v) is 7.57. The molecule has 0 bridgehead atoms. The van der Waals surface area contributed by atoms with Crippen LogP contribution in [-0.2, 0) is 13.5 Å². The van der Waals surface area contributed by atoms with Crippen LogP contribution in [0.3, 0.4) is 0 Å². The molecule has 3 aromatic carbocycles. The highest BCUT2D eigenvalue weighted by Gasteiger charge is 2.30. The lowest BCUT2D eigenvalue weighted by molar-refractivity contribution is -0.659. The molecule has 182 valence electrons. The SMILES string of the molecule is [2H]C(C)(C)c1cccc(C([2H])(C)C)c1-n1cc[n+](C)c1-c1cc2c(cc1C)Cc1nc3c(C)cccc3n1-2. The summed E-state index contributed by atoms with van der Waals surface area (Å²) in [6.45, 7) is 12.0. The van der Waals surface area contributed by atoms with Crippen molar-refractivity contribution in [1.82, 2.24) is 14.1 Å². The number of hydrogen-bond acceptors (Lipinski definition) is 1. The number of hydrogen-bond donors (Lipinski definition) is 0. The third-order valence-electron chi connectivity index (χ3n) is 7.57. The zero-order valence-corrected chi connectivity index (χ0v) is 22.3. The van der Waals surface area contributed by atoms with E-state index in [9.17, 15) is 0 Å². The van der Waals surface area contributed by atoms with Crippen molar-refractivity contribution in [3.05, 3.63) is 94.6 Å². The predicted octanol–water partition coefficient (Wildman–Crippen LogP) is 7.08. The minimum Gasteiger partial charge on any atom is -0.296 e. The van der Waals surface area contributed by atoms with Crippen molar-refractivity contribution in [3.63, 3.8) is 0 Å². The largest absolute Gasteiger partial charge is 0.296 e. The molecule has 1 aliphatic heterocycles. The van der Waals surface area contributed by atoms with E-state index in [1.165, 1.54) is 22.4 Å². The number of rotatable bonds is 4. The maximum Gasteiger partial charge on any atom is 0.294 e. The fraction of sp³-hybridized carbons (Fsp3) is 0.312. The Balaban J connectivity index is 1.63. The molecule has 0 atom stereocenters. The van der Waals surface area contributed by atoms with Gasteiger partial charge >= 0.3 is 0 Å². The maximum absolute atomic E-state index is 8.95. The molecule has 4 nitrogen and oxygen atoms in total. The number of fused-ring (bicyclic) bond motifs is 5. The van der Waals surface area contributed by atoms with Crippen molar-refractivity contribution < 1.29 is 7.31 Å². The summed E-state index contributed by atoms with van der Waals surface area (Å²) in [5.41, 5.74) is 10.9. The predicted molar refractivity (Wildman–Crippen MR) is 147 cm³/mol. The van der Waals surface area contributed by atoms with Crippen LogP contribution in [0.1, 0.15) is 75.9 Å². The van der Waals surface area contributed by atoms with Gasteiger partial charge in [0.15, 0.2) is 0 Å². The molecule has 0 radical (unpaired) electrons. The first-order chi connectivity index (χ1) is 17.9. The molecule has 5 aromatic rings. The van der Waals surface area contributed by atoms with Crippen molar-refractivity contribution in [3.8, 4) is 22.8 Å². The summed E-state index contributed by atoms with van der Waals surface area (Å²) >= 11 is 0. The van der Waals surface area contributed by atoms with Crippen molar-refractivity contribution in [2.75, 3.05) is 0 Å². The van der Waals surface area contributed by atoms with E-state index in [1.807, 2.05) is 45.9 Å². The van der Waals surface area contributed by atoms with Gasteiger partial charge in [-0.3, -0.25) is 4.57 Å². The zero-order chi connectivity index (χ0) is 27.1. The van der Waals surface area contributed by atoms with Gasteiger partial charge in [0, 0.05) is 20.3 Å². The van der Waals surface area contributed by atoms with Crippen LogP contribution < -0.4 is 4.57 Å². The van der Waals surface area contributed by atoms with Gasteiger partial charge in [-0.25, -0.2) is 9.55 Å². The van der Waals surface area contributed by atoms with E-state index in [0.29, 0.717) is 0 Å². The van der Waals surface area contributed by atoms with Crippen LogP contribution in [0, 0.1) is 13.8 Å². The van der Waals surface area contributed by atoms with E-state index < -0.39 is 11.8 Å². The number of aromatic nitrogens is 4. The summed E-state index contributed by atoms with van der Waals surface area (Å²) in [5.74, 6) is 0.458. The van der Waals surface area contributed by atoms with Gasteiger partial charge in [-0.15, -0.1) is 0 Å². The lowest BCUT2D eigenvalue weighted by Gasteiger charge is -2.18. The monoisotopic (exact) mass is 477 g/mol. The van der Waals surface area contributed by atoms with Crippen LogP contribution >= 0.6 is 0 Å². The summed E-state index contributed by atoms with van der Waals surface area (Å²) in [6.07, 6.45) is 4.96. The van der Waals surface area contributed by atoms with Gasteiger partial charge in [0.2, 0.25) is 0 Å². The molecule has 1 aliphatic rings. The van der Waals surface area contributed by atoms with E-state index in [-0.39, 0.29) is 0 Å². The average molecular weight is 478 g/mol. The fourth-order valence-corrected chi connectivity index (χ4v) is 5.78. The minimum atomic E-state index is -0.827. The summed E-state index contributed by atoms with van der Waals surface area (Å²) in [4.78, 5) is 5.00. The van der Waals surface area contributed by atoms with E-state index in [2.05, 4.69) is 77.3 Å². The summed E-state index contributed by atoms with van der Waals surface area (Å²) in [5, 5.41) is 0. The molecule has 3 heterocycles. The molecule has 0 saturated heterocycles. The van der Waals surface area contributed by atoms with Crippen LogP contribution in [-0.4, -0.2) is 14.1 Å². The molecule has 2 aromatic heterocycles. The standard InChI is InChI=1S/C32H35N4/c1-19(2)24-11-9-12-25(20(3)4)31(24)35-15-14-34(7)32(35)26-18-28-23(16-22(26)6)17-29-33-30-21(5)10-8-13-27(30)36(28)29/h8-16,18-20H,17H2,1-7H3/q+1/i19D,20D. The Labute approximate surface area is 216 Å². The average Bonchev–Trinajstić information content (AvgIpc) is 3.49. The Morgan fingerprint density at radius 2 is 1.64 bits per heavy atom. The molecule has 0 unspecified atom stereocenters. The Morgan fingerprint density at radius 3 is 2.33 bits per heavy atom. The topological polar surface area (TPSA) is 26.6 Å². The second-order valence-electron chi connectivity index (χ2n) is 10.6. The molecular weight excluding hydrogens is 440 g/mol. The van der Waals surface area contributed by atoms with Gasteiger partial charge in [0.05, 0.1) is 29.3 Å². The van der Waals surface area contributed by atoms with Gasteiger partial charge in [-0.1, -0.05) is 64.1 Å². The molecule has 0 spiro atoms. The van der Waals surface area contributed by atoms with Crippen molar-refractivity contribution >= 4 is 11.0 Å². The first-order valence-electron chi connectivity index (χ1n) is 13.7. The van der Waals surface area contributed by atoms with Crippen molar-refractivity contribution in [2.24, 2.45) is 7.05 Å². The summed E-state index contributed by atoms with van der Waals surface area (Å²) < 4.78 is 24.6. The minimum absolute atomic E-state index is 0.824. The van der Waals surface area contributed by atoms with Gasteiger partial charge in [-0.05, 0) is 54.5 Å². The Morgan fingerprint density at radius 1 is 0.944 bits per heavy atom. The smallest absolute Gasteiger partial charge is 0.294 e. The van der Waals surface area contributed by atoms with E-state index in [1.54, 1.807) is 0 Å². The molecule has 36 heavy (non-hydrogen) atoms. The van der Waals surface area contributed by atoms with Crippen LogP contribution in [0.25, 0.3) is 33.8 Å². The number of benzene rings is 3. The molecule has 0 fully saturated rings. The lowest BCUT2D eigenvalue weighted by atomic mass is 9.92. The molecule has 0 amide bonds. The van der Waals surface area contributed by atoms with Gasteiger partial charge in [-0.2, -0.15) is 4.57 Å². The van der Waals surface area contributed by atoms with E-state index >= 15 is 0 Å². The second kappa shape index (κ2) is 8.19. The van der Waals surface area contributed by atoms with Crippen LogP contribution in [0.5, 0.6) is 0 Å². The van der Waals surface area contributed by atoms with Crippen LogP contribution in [0.4, 0.5) is 0 Å². The molecule has 6 rings (SSSR count). The summed E-state index contributed by atoms with van der Waals surface area (Å²) in [7, 11) is 2.07. The van der Waals surface area contributed by atoms with Crippen molar-refractivity contribution in [1.29, 1.82) is 0 Å². The molecule has 0 N–H and O–H groups in total. The normalized spacial score (nSPS) is 14.1. The lowest BCUT2D eigenvalue weighted by Crippen LogP contribution is -2.29. The quantitative estimate of drug-likeness (QED) is 0.249. The molecule has 4 heteroatoms. The zero-order valence-electron chi connectivity index (χ0n) is 24.3. The fourth-order valence-electron chi connectivity index (χ4n) is 5.78. The number of aryl methyl sites for hydroxylation is 3. The molecule has 0 aliphatic carbocycles. The molecular formula is C32H35N4+. The highest BCUT2D eigenvalue weighted by atomic mass is 15.1. The summed E-state index contributed by atoms with van der Waals surface area (Å²) in [6, 6.07) is 17.0. The highest BCUT2D eigenvalue weighted by molar-refractivity contribution is 5.84. The van der Waals surface area contributed by atoms with Crippen LogP contribution in [0.15, 0.2) is 60.9 Å². The Bertz CT molecular complexity index is 1710. The van der Waals surface area contributed by atoms with E-state index in [4.69, 9.17) is 7.73 Å². The number of para-hydroxylation sites is 2. The number of nitrogens with zero attached hydrogens (tertiary/aromatic N) is 4. The van der Waals surface area contributed by atoms with Gasteiger partial charge in [0.25, 0.3) is 5.82 Å². The first-order valence-corrected chi connectivity index (χ1v) is 12.7. The Kier molecular flexibility index (Phi) is 4.67.